The molecule has 1 N–H and O–H groups in total. The average molecular weight is 402 g/mol. The molecule has 1 aromatic carbocycles. The van der Waals surface area contributed by atoms with Crippen LogP contribution in [-0.4, -0.2) is 39.9 Å². The highest BCUT2D eigenvalue weighted by Crippen LogP contribution is 2.22. The first-order valence-corrected chi connectivity index (χ1v) is 9.49. The summed E-state index contributed by atoms with van der Waals surface area (Å²) in [7, 11) is 0. The van der Waals surface area contributed by atoms with E-state index >= 15 is 0 Å². The highest BCUT2D eigenvalue weighted by Gasteiger charge is 2.18. The van der Waals surface area contributed by atoms with Crippen LogP contribution >= 0.6 is 0 Å². The molecule has 0 aliphatic carbocycles. The van der Waals surface area contributed by atoms with E-state index < -0.39 is 5.91 Å². The fourth-order valence-corrected chi connectivity index (χ4v) is 3.50. The lowest BCUT2D eigenvalue weighted by Crippen LogP contribution is -2.32. The van der Waals surface area contributed by atoms with Gasteiger partial charge >= 0.3 is 0 Å². The molecule has 150 valence electrons. The number of para-hydroxylation sites is 1. The van der Waals surface area contributed by atoms with Gasteiger partial charge in [-0.1, -0.05) is 32.0 Å². The zero-order valence-corrected chi connectivity index (χ0v) is 16.4. The molecule has 0 aliphatic rings. The van der Waals surface area contributed by atoms with Crippen LogP contribution in [0.5, 0.6) is 0 Å². The van der Waals surface area contributed by atoms with E-state index in [0.29, 0.717) is 22.8 Å². The first-order chi connectivity index (χ1) is 14.5. The molecule has 0 bridgehead atoms. The van der Waals surface area contributed by atoms with Crippen molar-refractivity contribution in [3.05, 3.63) is 65.0 Å². The van der Waals surface area contributed by atoms with Crippen LogP contribution in [0.15, 0.2) is 53.6 Å². The van der Waals surface area contributed by atoms with Crippen molar-refractivity contribution in [3.63, 3.8) is 0 Å². The number of carbonyl (C=O) groups is 1. The molecule has 30 heavy (non-hydrogen) atoms. The zero-order valence-electron chi connectivity index (χ0n) is 16.4. The quantitative estimate of drug-likeness (QED) is 0.491. The van der Waals surface area contributed by atoms with E-state index in [0.717, 1.165) is 10.9 Å². The maximum Gasteiger partial charge on any atom is 0.291 e. The van der Waals surface area contributed by atoms with E-state index in [2.05, 4.69) is 25.7 Å². The second-order valence-corrected chi connectivity index (χ2v) is 7.30. The molecule has 0 aliphatic heterocycles. The normalized spacial score (nSPS) is 11.7. The van der Waals surface area contributed by atoms with Crippen LogP contribution in [0, 0.1) is 0 Å². The van der Waals surface area contributed by atoms with Gasteiger partial charge in [-0.05, 0) is 24.3 Å². The van der Waals surface area contributed by atoms with Gasteiger partial charge in [-0.15, -0.1) is 15.3 Å². The summed E-state index contributed by atoms with van der Waals surface area (Å²) in [5, 5.41) is 20.0. The molecular formula is C20H18N8O2. The predicted octanol–water partition coefficient (Wildman–Crippen LogP) is 1.85. The van der Waals surface area contributed by atoms with Crippen molar-refractivity contribution >= 4 is 33.8 Å². The second kappa shape index (κ2) is 6.76. The summed E-state index contributed by atoms with van der Waals surface area (Å²) in [5.41, 5.74) is 1.65. The Labute approximate surface area is 169 Å². The van der Waals surface area contributed by atoms with Crippen molar-refractivity contribution in [1.29, 1.82) is 0 Å². The highest BCUT2D eigenvalue weighted by molar-refractivity contribution is 5.90. The number of rotatable bonds is 4. The average Bonchev–Trinajstić information content (AvgIpc) is 3.34. The van der Waals surface area contributed by atoms with Gasteiger partial charge in [-0.2, -0.15) is 9.61 Å². The van der Waals surface area contributed by atoms with Gasteiger partial charge in [0.05, 0.1) is 5.52 Å². The molecule has 5 rings (SSSR count). The molecule has 0 spiro atoms. The number of amides is 1. The molecule has 10 nitrogen and oxygen atoms in total. The molecule has 1 amide bonds. The van der Waals surface area contributed by atoms with Crippen LogP contribution in [0.25, 0.3) is 22.1 Å². The number of aromatic nitrogens is 7. The van der Waals surface area contributed by atoms with Crippen molar-refractivity contribution in [2.45, 2.75) is 26.3 Å². The summed E-state index contributed by atoms with van der Waals surface area (Å²) in [5.74, 6) is 0.692. The number of nitrogens with zero attached hydrogens (tertiary/aromatic N) is 7. The van der Waals surface area contributed by atoms with Gasteiger partial charge in [0.15, 0.2) is 11.5 Å². The van der Waals surface area contributed by atoms with Crippen LogP contribution < -0.4 is 10.9 Å². The number of hydrogen-bond donors (Lipinski definition) is 1. The number of benzene rings is 1. The molecule has 0 radical (unpaired) electrons. The van der Waals surface area contributed by atoms with E-state index in [9.17, 15) is 9.59 Å². The van der Waals surface area contributed by atoms with Crippen LogP contribution in [0.1, 0.15) is 25.6 Å². The molecule has 0 unspecified atom stereocenters. The van der Waals surface area contributed by atoms with Crippen LogP contribution in [-0.2, 0) is 11.3 Å². The van der Waals surface area contributed by atoms with E-state index in [1.54, 1.807) is 12.1 Å². The summed E-state index contributed by atoms with van der Waals surface area (Å²) < 4.78 is 4.53. The fraction of sp³-hybridized carbons (Fsp3) is 0.200. The molecule has 4 heterocycles. The summed E-state index contributed by atoms with van der Waals surface area (Å²) in [6.45, 7) is 3.78. The Hall–Kier alpha value is -4.08. The molecular weight excluding hydrogens is 384 g/mol. The largest absolute Gasteiger partial charge is 0.308 e. The van der Waals surface area contributed by atoms with Crippen LogP contribution in [0.3, 0.4) is 0 Å². The Morgan fingerprint density at radius 3 is 2.77 bits per heavy atom. The van der Waals surface area contributed by atoms with E-state index in [1.807, 2.05) is 48.6 Å². The number of anilines is 1. The van der Waals surface area contributed by atoms with Crippen LogP contribution in [0.4, 0.5) is 5.82 Å². The number of hydrogen-bond acceptors (Lipinski definition) is 6. The van der Waals surface area contributed by atoms with Crippen molar-refractivity contribution in [1.82, 2.24) is 34.0 Å². The summed E-state index contributed by atoms with van der Waals surface area (Å²) in [4.78, 5) is 25.7. The number of fused-ring (bicyclic) bond motifs is 4. The summed E-state index contributed by atoms with van der Waals surface area (Å²) >= 11 is 0. The number of nitrogens with one attached hydrogen (secondary N) is 1. The Bertz CT molecular complexity index is 1480. The van der Waals surface area contributed by atoms with Crippen molar-refractivity contribution < 1.29 is 4.79 Å². The Balaban J connectivity index is 1.53. The van der Waals surface area contributed by atoms with Crippen molar-refractivity contribution in [2.75, 3.05) is 5.32 Å². The van der Waals surface area contributed by atoms with Gasteiger partial charge in [-0.25, -0.2) is 4.68 Å². The monoisotopic (exact) mass is 402 g/mol. The summed E-state index contributed by atoms with van der Waals surface area (Å²) in [6.07, 6.45) is 1.44. The fourth-order valence-electron chi connectivity index (χ4n) is 3.50. The van der Waals surface area contributed by atoms with E-state index in [1.165, 1.54) is 15.5 Å². The first-order valence-electron chi connectivity index (χ1n) is 9.49. The summed E-state index contributed by atoms with van der Waals surface area (Å²) in [6, 6.07) is 12.9. The second-order valence-electron chi connectivity index (χ2n) is 7.30. The third-order valence-electron chi connectivity index (χ3n) is 4.86. The Morgan fingerprint density at radius 2 is 1.93 bits per heavy atom. The third-order valence-corrected chi connectivity index (χ3v) is 4.86. The van der Waals surface area contributed by atoms with Crippen molar-refractivity contribution in [3.8, 4) is 0 Å². The van der Waals surface area contributed by atoms with E-state index in [4.69, 9.17) is 0 Å². The molecule has 0 atom stereocenters. The van der Waals surface area contributed by atoms with Crippen LogP contribution in [0.2, 0.25) is 0 Å². The molecule has 0 fully saturated rings. The van der Waals surface area contributed by atoms with Gasteiger partial charge in [0.1, 0.15) is 24.2 Å². The number of carbonyl (C=O) groups excluding carboxylic acids is 1. The van der Waals surface area contributed by atoms with Gasteiger partial charge in [0.25, 0.3) is 5.56 Å². The lowest BCUT2D eigenvalue weighted by Gasteiger charge is -2.13. The molecule has 0 saturated carbocycles. The van der Waals surface area contributed by atoms with Gasteiger partial charge < -0.3 is 5.32 Å². The molecule has 4 aromatic heterocycles. The minimum Gasteiger partial charge on any atom is -0.308 e. The van der Waals surface area contributed by atoms with Gasteiger partial charge in [0, 0.05) is 11.3 Å². The van der Waals surface area contributed by atoms with E-state index in [-0.39, 0.29) is 18.0 Å². The standard InChI is InChI=1S/C20H18N8O2/c1-12(2)19-25-26(20(30)15-9-13-5-3-4-6-14(13)28(15)19)10-18(29)22-16-7-8-17-23-21-11-27(17)24-16/h3-9,11-12H,10H2,1-2H3,(H,22,24,29). The third kappa shape index (κ3) is 2.89. The minimum atomic E-state index is -0.403. The first kappa shape index (κ1) is 18.0. The van der Waals surface area contributed by atoms with Gasteiger partial charge in [0.2, 0.25) is 5.91 Å². The maximum atomic E-state index is 13.1. The Morgan fingerprint density at radius 1 is 1.10 bits per heavy atom. The lowest BCUT2D eigenvalue weighted by molar-refractivity contribution is -0.117. The minimum absolute atomic E-state index is 0.0519. The topological polar surface area (TPSA) is 111 Å². The van der Waals surface area contributed by atoms with Crippen molar-refractivity contribution in [2.24, 2.45) is 0 Å². The Kier molecular flexibility index (Phi) is 4.05. The van der Waals surface area contributed by atoms with Gasteiger partial charge in [-0.3, -0.25) is 14.0 Å². The molecule has 10 heteroatoms. The lowest BCUT2D eigenvalue weighted by atomic mass is 10.2. The predicted molar refractivity (Wildman–Crippen MR) is 110 cm³/mol. The maximum absolute atomic E-state index is 13.1. The SMILES string of the molecule is CC(C)c1nn(CC(=O)Nc2ccc3nncn3n2)c(=O)c2cc3ccccc3n12. The molecule has 5 aromatic rings. The molecule has 0 saturated heterocycles. The zero-order chi connectivity index (χ0) is 20.8. The highest BCUT2D eigenvalue weighted by atomic mass is 16.2. The smallest absolute Gasteiger partial charge is 0.291 e.